The molecular formula is C56H107NO8. The highest BCUT2D eigenvalue weighted by atomic mass is 16.7. The number of hydrogen-bond donors (Lipinski definition) is 6. The van der Waals surface area contributed by atoms with Crippen LogP contribution in [-0.4, -0.2) is 87.5 Å². The van der Waals surface area contributed by atoms with Crippen LogP contribution in [0.25, 0.3) is 0 Å². The Balaban J connectivity index is 2.19. The molecule has 0 saturated carbocycles. The van der Waals surface area contributed by atoms with Gasteiger partial charge in [0.25, 0.3) is 0 Å². The minimum Gasteiger partial charge on any atom is -0.394 e. The Bertz CT molecular complexity index is 1070. The van der Waals surface area contributed by atoms with E-state index >= 15 is 0 Å². The van der Waals surface area contributed by atoms with Gasteiger partial charge in [-0.3, -0.25) is 4.79 Å². The number of nitrogens with one attached hydrogen (secondary N) is 1. The van der Waals surface area contributed by atoms with Gasteiger partial charge >= 0.3 is 0 Å². The van der Waals surface area contributed by atoms with Crippen molar-refractivity contribution in [2.75, 3.05) is 13.2 Å². The number of aliphatic hydroxyl groups excluding tert-OH is 5. The first-order chi connectivity index (χ1) is 31.8. The first-order valence-corrected chi connectivity index (χ1v) is 28.0. The van der Waals surface area contributed by atoms with E-state index in [9.17, 15) is 30.3 Å². The van der Waals surface area contributed by atoms with E-state index in [2.05, 4.69) is 43.5 Å². The maximum atomic E-state index is 13.1. The Labute approximate surface area is 400 Å². The summed E-state index contributed by atoms with van der Waals surface area (Å²) in [6.07, 6.45) is 50.6. The van der Waals surface area contributed by atoms with Gasteiger partial charge in [-0.2, -0.15) is 0 Å². The number of aliphatic hydroxyl groups is 5. The lowest BCUT2D eigenvalue weighted by molar-refractivity contribution is -0.302. The monoisotopic (exact) mass is 922 g/mol. The summed E-state index contributed by atoms with van der Waals surface area (Å²) >= 11 is 0. The maximum absolute atomic E-state index is 13.1. The molecule has 1 saturated heterocycles. The maximum Gasteiger partial charge on any atom is 0.220 e. The number of rotatable bonds is 48. The van der Waals surface area contributed by atoms with Crippen molar-refractivity contribution in [3.8, 4) is 0 Å². The summed E-state index contributed by atoms with van der Waals surface area (Å²) in [5.74, 6) is -0.144. The lowest BCUT2D eigenvalue weighted by atomic mass is 9.99. The molecule has 0 aromatic rings. The Hall–Kier alpha value is -1.33. The van der Waals surface area contributed by atoms with E-state index in [1.807, 2.05) is 0 Å². The zero-order chi connectivity index (χ0) is 47.3. The second-order valence-corrected chi connectivity index (χ2v) is 19.7. The van der Waals surface area contributed by atoms with E-state index in [-0.39, 0.29) is 12.5 Å². The van der Waals surface area contributed by atoms with Crippen molar-refractivity contribution in [3.05, 3.63) is 24.3 Å². The van der Waals surface area contributed by atoms with Crippen LogP contribution >= 0.6 is 0 Å². The highest BCUT2D eigenvalue weighted by Crippen LogP contribution is 2.23. The lowest BCUT2D eigenvalue weighted by Gasteiger charge is -2.40. The van der Waals surface area contributed by atoms with Gasteiger partial charge in [0.1, 0.15) is 24.4 Å². The van der Waals surface area contributed by atoms with Crippen LogP contribution in [0.15, 0.2) is 24.3 Å². The van der Waals surface area contributed by atoms with E-state index in [4.69, 9.17) is 9.47 Å². The molecule has 1 heterocycles. The molecule has 1 fully saturated rings. The molecule has 1 amide bonds. The van der Waals surface area contributed by atoms with Gasteiger partial charge in [-0.25, -0.2) is 0 Å². The molecule has 0 bridgehead atoms. The van der Waals surface area contributed by atoms with Gasteiger partial charge < -0.3 is 40.3 Å². The van der Waals surface area contributed by atoms with Crippen LogP contribution in [0.5, 0.6) is 0 Å². The van der Waals surface area contributed by atoms with Crippen molar-refractivity contribution in [3.63, 3.8) is 0 Å². The summed E-state index contributed by atoms with van der Waals surface area (Å²) in [6, 6.07) is -0.718. The molecule has 0 aromatic carbocycles. The largest absolute Gasteiger partial charge is 0.394 e. The van der Waals surface area contributed by atoms with Crippen LogP contribution in [0.2, 0.25) is 0 Å². The predicted molar refractivity (Wildman–Crippen MR) is 272 cm³/mol. The van der Waals surface area contributed by atoms with Crippen LogP contribution in [0.4, 0.5) is 0 Å². The number of hydrogen-bond acceptors (Lipinski definition) is 8. The summed E-state index contributed by atoms with van der Waals surface area (Å²) in [7, 11) is 0. The average molecular weight is 922 g/mol. The molecule has 0 aliphatic carbocycles. The van der Waals surface area contributed by atoms with Gasteiger partial charge in [0, 0.05) is 6.42 Å². The SMILES string of the molecule is CCCCCCCCCCC/C=C\C/C=C\CCCCCCCCCCCCCC(=O)NC(COC1OC(CO)C(O)C(O)C1O)C(O)CCCCCCCCCCCCCCCCC. The summed E-state index contributed by atoms with van der Waals surface area (Å²) in [5.41, 5.74) is 0. The Morgan fingerprint density at radius 3 is 1.32 bits per heavy atom. The van der Waals surface area contributed by atoms with E-state index in [0.29, 0.717) is 12.8 Å². The first kappa shape index (κ1) is 61.7. The molecule has 7 unspecified atom stereocenters. The molecule has 1 aliphatic rings. The third kappa shape index (κ3) is 36.3. The third-order valence-corrected chi connectivity index (χ3v) is 13.6. The third-order valence-electron chi connectivity index (χ3n) is 13.6. The van der Waals surface area contributed by atoms with Crippen LogP contribution in [0, 0.1) is 0 Å². The van der Waals surface area contributed by atoms with Crippen LogP contribution in [0.3, 0.4) is 0 Å². The van der Waals surface area contributed by atoms with Gasteiger partial charge in [0.05, 0.1) is 25.4 Å². The van der Waals surface area contributed by atoms with E-state index < -0.39 is 49.5 Å². The first-order valence-electron chi connectivity index (χ1n) is 28.0. The van der Waals surface area contributed by atoms with Crippen LogP contribution in [0.1, 0.15) is 271 Å². The fourth-order valence-corrected chi connectivity index (χ4v) is 9.08. The van der Waals surface area contributed by atoms with E-state index in [1.54, 1.807) is 0 Å². The Morgan fingerprint density at radius 2 is 0.908 bits per heavy atom. The molecule has 7 atom stereocenters. The number of carbonyl (C=O) groups excluding carboxylic acids is 1. The van der Waals surface area contributed by atoms with Crippen molar-refractivity contribution in [2.45, 2.75) is 314 Å². The van der Waals surface area contributed by atoms with Crippen molar-refractivity contribution in [1.29, 1.82) is 0 Å². The van der Waals surface area contributed by atoms with Gasteiger partial charge in [0.15, 0.2) is 6.29 Å². The molecule has 0 spiro atoms. The standard InChI is InChI=1S/C56H107NO8/c1-3-5-7-9-11-13-15-17-19-20-21-22-23-24-25-26-27-28-29-30-32-34-36-38-40-42-44-46-52(60)57-49(48-64-56-55(63)54(62)53(61)51(47-58)65-56)50(59)45-43-41-39-37-35-33-31-18-16-14-12-10-8-6-4-2/h21-22,24-25,49-51,53-56,58-59,61-63H,3-20,23,26-48H2,1-2H3,(H,57,60)/b22-21-,25-24-. The van der Waals surface area contributed by atoms with Gasteiger partial charge in [-0.1, -0.05) is 244 Å². The van der Waals surface area contributed by atoms with Gasteiger partial charge in [-0.15, -0.1) is 0 Å². The minimum atomic E-state index is -1.55. The average Bonchev–Trinajstić information content (AvgIpc) is 3.31. The normalized spacial score (nSPS) is 20.0. The minimum absolute atomic E-state index is 0.136. The molecular weight excluding hydrogens is 815 g/mol. The summed E-state index contributed by atoms with van der Waals surface area (Å²) < 4.78 is 11.3. The summed E-state index contributed by atoms with van der Waals surface area (Å²) in [4.78, 5) is 13.1. The number of amides is 1. The fraction of sp³-hybridized carbons (Fsp3) is 0.911. The summed E-state index contributed by atoms with van der Waals surface area (Å²) in [6.45, 7) is 3.86. The van der Waals surface area contributed by atoms with Crippen molar-refractivity contribution >= 4 is 5.91 Å². The lowest BCUT2D eigenvalue weighted by Crippen LogP contribution is -2.60. The molecule has 1 rings (SSSR count). The topological polar surface area (TPSA) is 149 Å². The predicted octanol–water partition coefficient (Wildman–Crippen LogP) is 13.4. The highest BCUT2D eigenvalue weighted by Gasteiger charge is 2.44. The van der Waals surface area contributed by atoms with E-state index in [0.717, 1.165) is 44.9 Å². The molecule has 9 nitrogen and oxygen atoms in total. The number of ether oxygens (including phenoxy) is 2. The van der Waals surface area contributed by atoms with Crippen molar-refractivity contribution < 1.29 is 39.8 Å². The summed E-state index contributed by atoms with van der Waals surface area (Å²) in [5, 5.41) is 54.6. The van der Waals surface area contributed by atoms with Crippen LogP contribution < -0.4 is 5.32 Å². The van der Waals surface area contributed by atoms with Gasteiger partial charge in [-0.05, 0) is 44.9 Å². The Morgan fingerprint density at radius 1 is 0.523 bits per heavy atom. The molecule has 0 radical (unpaired) electrons. The zero-order valence-corrected chi connectivity index (χ0v) is 42.5. The fourth-order valence-electron chi connectivity index (χ4n) is 9.08. The molecule has 6 N–H and O–H groups in total. The second-order valence-electron chi connectivity index (χ2n) is 19.7. The molecule has 1 aliphatic heterocycles. The van der Waals surface area contributed by atoms with Crippen molar-refractivity contribution in [2.24, 2.45) is 0 Å². The van der Waals surface area contributed by atoms with Crippen LogP contribution in [-0.2, 0) is 14.3 Å². The van der Waals surface area contributed by atoms with E-state index in [1.165, 1.54) is 199 Å². The zero-order valence-electron chi connectivity index (χ0n) is 42.5. The number of allylic oxidation sites excluding steroid dienone is 4. The molecule has 0 aromatic heterocycles. The van der Waals surface area contributed by atoms with Gasteiger partial charge in [0.2, 0.25) is 5.91 Å². The smallest absolute Gasteiger partial charge is 0.220 e. The Kier molecular flexibility index (Phi) is 44.0. The molecule has 65 heavy (non-hydrogen) atoms. The number of unbranched alkanes of at least 4 members (excludes halogenated alkanes) is 34. The second kappa shape index (κ2) is 46.4. The molecule has 384 valence electrons. The van der Waals surface area contributed by atoms with Crippen molar-refractivity contribution in [1.82, 2.24) is 5.32 Å². The quantitative estimate of drug-likeness (QED) is 0.0261. The number of carbonyl (C=O) groups is 1. The highest BCUT2D eigenvalue weighted by molar-refractivity contribution is 5.76. The molecule has 9 heteroatoms.